The largest absolute Gasteiger partial charge is 0.356 e. The summed E-state index contributed by atoms with van der Waals surface area (Å²) >= 11 is 0. The standard InChI is InChI=1S/C24H27N/c1-4-7-8-9-11-20-12-16-23(17-13-20)25-24-18-14-22(15-19-24)21(6-3)10-5-2/h4-10,12-19,25H,11H2,1-3H3/b7-4-,9-8-,10-5-,21-6+. The molecule has 0 saturated carbocycles. The molecule has 0 spiro atoms. The van der Waals surface area contributed by atoms with E-state index in [0.717, 1.165) is 17.8 Å². The summed E-state index contributed by atoms with van der Waals surface area (Å²) in [4.78, 5) is 0. The van der Waals surface area contributed by atoms with Crippen LogP contribution >= 0.6 is 0 Å². The van der Waals surface area contributed by atoms with Crippen LogP contribution in [0.4, 0.5) is 11.4 Å². The van der Waals surface area contributed by atoms with Crippen LogP contribution in [0.1, 0.15) is 31.9 Å². The molecule has 2 aromatic carbocycles. The summed E-state index contributed by atoms with van der Waals surface area (Å²) in [6.45, 7) is 6.13. The predicted octanol–water partition coefficient (Wildman–Crippen LogP) is 7.08. The van der Waals surface area contributed by atoms with Gasteiger partial charge in [-0.2, -0.15) is 0 Å². The van der Waals surface area contributed by atoms with Gasteiger partial charge in [0, 0.05) is 11.4 Å². The third-order valence-electron chi connectivity index (χ3n) is 3.91. The number of anilines is 2. The second-order valence-electron chi connectivity index (χ2n) is 5.80. The van der Waals surface area contributed by atoms with E-state index in [-0.39, 0.29) is 0 Å². The van der Waals surface area contributed by atoms with Gasteiger partial charge in [0.1, 0.15) is 0 Å². The highest BCUT2D eigenvalue weighted by atomic mass is 14.9. The summed E-state index contributed by atoms with van der Waals surface area (Å²) in [7, 11) is 0. The first-order valence-corrected chi connectivity index (χ1v) is 8.80. The van der Waals surface area contributed by atoms with E-state index in [9.17, 15) is 0 Å². The quantitative estimate of drug-likeness (QED) is 0.535. The van der Waals surface area contributed by atoms with Crippen molar-refractivity contribution in [3.63, 3.8) is 0 Å². The number of hydrogen-bond acceptors (Lipinski definition) is 1. The van der Waals surface area contributed by atoms with Crippen LogP contribution < -0.4 is 5.32 Å². The molecule has 2 rings (SSSR count). The first-order valence-electron chi connectivity index (χ1n) is 8.80. The molecule has 0 atom stereocenters. The molecular weight excluding hydrogens is 302 g/mol. The van der Waals surface area contributed by atoms with Gasteiger partial charge in [0.05, 0.1) is 0 Å². The molecule has 25 heavy (non-hydrogen) atoms. The smallest absolute Gasteiger partial charge is 0.0384 e. The molecule has 1 nitrogen and oxygen atoms in total. The third-order valence-corrected chi connectivity index (χ3v) is 3.91. The zero-order valence-electron chi connectivity index (χ0n) is 15.4. The van der Waals surface area contributed by atoms with E-state index in [2.05, 4.69) is 97.2 Å². The molecular formula is C24H27N. The van der Waals surface area contributed by atoms with Gasteiger partial charge in [-0.1, -0.05) is 66.8 Å². The Bertz CT molecular complexity index is 757. The van der Waals surface area contributed by atoms with Gasteiger partial charge in [-0.3, -0.25) is 0 Å². The Morgan fingerprint density at radius 2 is 1.44 bits per heavy atom. The fraction of sp³-hybridized carbons (Fsp3) is 0.167. The minimum Gasteiger partial charge on any atom is -0.356 e. The monoisotopic (exact) mass is 329 g/mol. The van der Waals surface area contributed by atoms with Gasteiger partial charge in [0.25, 0.3) is 0 Å². The molecule has 0 aliphatic carbocycles. The molecule has 0 fully saturated rings. The Morgan fingerprint density at radius 3 is 2.00 bits per heavy atom. The summed E-state index contributed by atoms with van der Waals surface area (Å²) in [5.41, 5.74) is 5.98. The van der Waals surface area contributed by atoms with E-state index in [4.69, 9.17) is 0 Å². The highest BCUT2D eigenvalue weighted by molar-refractivity contribution is 5.75. The fourth-order valence-electron chi connectivity index (χ4n) is 2.57. The van der Waals surface area contributed by atoms with Crippen molar-refractivity contribution >= 4 is 16.9 Å². The van der Waals surface area contributed by atoms with Crippen LogP contribution in [0.25, 0.3) is 5.57 Å². The Hall–Kier alpha value is -2.80. The first-order chi connectivity index (χ1) is 12.3. The van der Waals surface area contributed by atoms with E-state index >= 15 is 0 Å². The average Bonchev–Trinajstić information content (AvgIpc) is 2.65. The Morgan fingerprint density at radius 1 is 0.800 bits per heavy atom. The van der Waals surface area contributed by atoms with Crippen LogP contribution in [0, 0.1) is 0 Å². The van der Waals surface area contributed by atoms with Crippen molar-refractivity contribution in [2.75, 3.05) is 5.32 Å². The van der Waals surface area contributed by atoms with Crippen molar-refractivity contribution in [3.05, 3.63) is 102 Å². The van der Waals surface area contributed by atoms with E-state index in [1.54, 1.807) is 0 Å². The van der Waals surface area contributed by atoms with Crippen LogP contribution in [0.5, 0.6) is 0 Å². The maximum atomic E-state index is 3.46. The summed E-state index contributed by atoms with van der Waals surface area (Å²) in [6.07, 6.45) is 15.6. The van der Waals surface area contributed by atoms with Crippen LogP contribution in [0.15, 0.2) is 91.1 Å². The zero-order chi connectivity index (χ0) is 17.9. The number of hydrogen-bond donors (Lipinski definition) is 1. The van der Waals surface area contributed by atoms with Crippen molar-refractivity contribution in [1.29, 1.82) is 0 Å². The van der Waals surface area contributed by atoms with Crippen molar-refractivity contribution in [1.82, 2.24) is 0 Å². The molecule has 0 unspecified atom stereocenters. The fourth-order valence-corrected chi connectivity index (χ4v) is 2.57. The molecule has 0 aliphatic rings. The van der Waals surface area contributed by atoms with Gasteiger partial charge >= 0.3 is 0 Å². The molecule has 0 saturated heterocycles. The average molecular weight is 329 g/mol. The molecule has 0 heterocycles. The maximum absolute atomic E-state index is 3.46. The topological polar surface area (TPSA) is 12.0 Å². The Balaban J connectivity index is 2.00. The lowest BCUT2D eigenvalue weighted by Gasteiger charge is -2.09. The summed E-state index contributed by atoms with van der Waals surface area (Å²) in [5, 5.41) is 3.46. The number of allylic oxidation sites excluding steroid dienone is 8. The van der Waals surface area contributed by atoms with Crippen LogP contribution in [0.3, 0.4) is 0 Å². The van der Waals surface area contributed by atoms with E-state index in [1.807, 2.05) is 19.9 Å². The van der Waals surface area contributed by atoms with Gasteiger partial charge in [-0.25, -0.2) is 0 Å². The highest BCUT2D eigenvalue weighted by Crippen LogP contribution is 2.22. The SMILES string of the molecule is C/C=C\C=C/Cc1ccc(Nc2ccc(C(/C=C\C)=C/C)cc2)cc1. The first kappa shape index (κ1) is 18.5. The van der Waals surface area contributed by atoms with Gasteiger partial charge < -0.3 is 5.32 Å². The second kappa shape index (κ2) is 10.1. The Kier molecular flexibility index (Phi) is 7.52. The van der Waals surface area contributed by atoms with E-state index in [0.29, 0.717) is 0 Å². The highest BCUT2D eigenvalue weighted by Gasteiger charge is 1.99. The molecule has 2 aromatic rings. The molecule has 1 heteroatoms. The van der Waals surface area contributed by atoms with Crippen molar-refractivity contribution in [2.45, 2.75) is 27.2 Å². The molecule has 0 aliphatic heterocycles. The third kappa shape index (κ3) is 5.96. The molecule has 128 valence electrons. The zero-order valence-corrected chi connectivity index (χ0v) is 15.4. The van der Waals surface area contributed by atoms with Crippen molar-refractivity contribution < 1.29 is 0 Å². The van der Waals surface area contributed by atoms with Gasteiger partial charge in [-0.05, 0) is 68.2 Å². The summed E-state index contributed by atoms with van der Waals surface area (Å²) < 4.78 is 0. The predicted molar refractivity (Wildman–Crippen MR) is 112 cm³/mol. The van der Waals surface area contributed by atoms with E-state index < -0.39 is 0 Å². The van der Waals surface area contributed by atoms with Crippen molar-refractivity contribution in [2.24, 2.45) is 0 Å². The van der Waals surface area contributed by atoms with Crippen LogP contribution in [-0.4, -0.2) is 0 Å². The van der Waals surface area contributed by atoms with Crippen LogP contribution in [-0.2, 0) is 6.42 Å². The maximum Gasteiger partial charge on any atom is 0.0384 e. The lowest BCUT2D eigenvalue weighted by atomic mass is 10.0. The number of benzene rings is 2. The van der Waals surface area contributed by atoms with Gasteiger partial charge in [-0.15, -0.1) is 0 Å². The molecule has 0 amide bonds. The van der Waals surface area contributed by atoms with Crippen molar-refractivity contribution in [3.8, 4) is 0 Å². The van der Waals surface area contributed by atoms with E-state index in [1.165, 1.54) is 16.7 Å². The lowest BCUT2D eigenvalue weighted by Crippen LogP contribution is -1.91. The van der Waals surface area contributed by atoms with Gasteiger partial charge in [0.2, 0.25) is 0 Å². The lowest BCUT2D eigenvalue weighted by molar-refractivity contribution is 1.27. The molecule has 0 aromatic heterocycles. The minimum atomic E-state index is 0.955. The normalized spacial score (nSPS) is 12.5. The molecule has 1 N–H and O–H groups in total. The number of nitrogens with one attached hydrogen (secondary N) is 1. The van der Waals surface area contributed by atoms with Crippen LogP contribution in [0.2, 0.25) is 0 Å². The van der Waals surface area contributed by atoms with Gasteiger partial charge in [0.15, 0.2) is 0 Å². The second-order valence-corrected chi connectivity index (χ2v) is 5.80. The molecule has 0 bridgehead atoms. The summed E-state index contributed by atoms with van der Waals surface area (Å²) in [6, 6.07) is 17.1. The minimum absolute atomic E-state index is 0.955. The summed E-state index contributed by atoms with van der Waals surface area (Å²) in [5.74, 6) is 0. The Labute approximate surface area is 152 Å². The molecule has 0 radical (unpaired) electrons. The number of rotatable bonds is 7.